The van der Waals surface area contributed by atoms with Crippen LogP contribution in [-0.2, 0) is 0 Å². The fourth-order valence-corrected chi connectivity index (χ4v) is 1.89. The summed E-state index contributed by atoms with van der Waals surface area (Å²) in [5.74, 6) is 0.256. The van der Waals surface area contributed by atoms with Crippen molar-refractivity contribution in [2.45, 2.75) is 13.8 Å². The molecule has 0 radical (unpaired) electrons. The average molecular weight is 260 g/mol. The molecule has 2 rings (SSSR count). The summed E-state index contributed by atoms with van der Waals surface area (Å²) in [6, 6.07) is 7.79. The van der Waals surface area contributed by atoms with Gasteiger partial charge in [-0.2, -0.15) is 4.98 Å². The lowest BCUT2D eigenvalue weighted by atomic mass is 10.2. The number of rotatable bonds is 4. The predicted octanol–water partition coefficient (Wildman–Crippen LogP) is 3.12. The minimum Gasteiger partial charge on any atom is -0.354 e. The molecule has 100 valence electrons. The molecule has 19 heavy (non-hydrogen) atoms. The minimum absolute atomic E-state index is 0.264. The molecule has 0 spiro atoms. The molecule has 0 bridgehead atoms. The Morgan fingerprint density at radius 2 is 2.05 bits per heavy atom. The molecule has 0 amide bonds. The molecular formula is C14H17FN4. The van der Waals surface area contributed by atoms with E-state index >= 15 is 0 Å². The normalized spacial score (nSPS) is 10.3. The molecule has 0 unspecified atom stereocenters. The van der Waals surface area contributed by atoms with E-state index in [-0.39, 0.29) is 5.82 Å². The maximum atomic E-state index is 13.9. The third-order valence-corrected chi connectivity index (χ3v) is 2.86. The quantitative estimate of drug-likeness (QED) is 0.917. The van der Waals surface area contributed by atoms with E-state index in [0.29, 0.717) is 12.5 Å². The fraction of sp³-hybridized carbons (Fsp3) is 0.286. The van der Waals surface area contributed by atoms with Crippen LogP contribution in [0, 0.1) is 12.7 Å². The Balaban J connectivity index is 2.40. The molecule has 1 N–H and O–H groups in total. The molecule has 4 nitrogen and oxygen atoms in total. The SMILES string of the molecule is CCNc1ncc(F)c(N(C)c2ccccc2C)n1. The lowest BCUT2D eigenvalue weighted by molar-refractivity contribution is 0.614. The van der Waals surface area contributed by atoms with Gasteiger partial charge in [-0.25, -0.2) is 9.37 Å². The zero-order valence-corrected chi connectivity index (χ0v) is 11.3. The second-order valence-corrected chi connectivity index (χ2v) is 4.24. The van der Waals surface area contributed by atoms with Crippen molar-refractivity contribution in [3.63, 3.8) is 0 Å². The molecular weight excluding hydrogens is 243 g/mol. The summed E-state index contributed by atoms with van der Waals surface area (Å²) in [6.45, 7) is 4.62. The summed E-state index contributed by atoms with van der Waals surface area (Å²) < 4.78 is 13.9. The molecule has 0 aliphatic carbocycles. The zero-order chi connectivity index (χ0) is 13.8. The van der Waals surface area contributed by atoms with E-state index < -0.39 is 5.82 Å². The van der Waals surface area contributed by atoms with Gasteiger partial charge >= 0.3 is 0 Å². The predicted molar refractivity (Wildman–Crippen MR) is 75.4 cm³/mol. The number of hydrogen-bond acceptors (Lipinski definition) is 4. The molecule has 1 heterocycles. The van der Waals surface area contributed by atoms with Gasteiger partial charge in [0.1, 0.15) is 0 Å². The van der Waals surface area contributed by atoms with E-state index in [1.54, 1.807) is 11.9 Å². The van der Waals surface area contributed by atoms with Crippen LogP contribution in [0.2, 0.25) is 0 Å². The Bertz CT molecular complexity index is 571. The van der Waals surface area contributed by atoms with Crippen molar-refractivity contribution in [3.8, 4) is 0 Å². The van der Waals surface area contributed by atoms with Gasteiger partial charge < -0.3 is 10.2 Å². The van der Waals surface area contributed by atoms with E-state index in [0.717, 1.165) is 11.3 Å². The number of aryl methyl sites for hydroxylation is 1. The van der Waals surface area contributed by atoms with Crippen LogP contribution in [0.25, 0.3) is 0 Å². The number of para-hydroxylation sites is 1. The number of anilines is 3. The topological polar surface area (TPSA) is 41.1 Å². The van der Waals surface area contributed by atoms with Gasteiger partial charge in [-0.15, -0.1) is 0 Å². The summed E-state index contributed by atoms with van der Waals surface area (Å²) in [4.78, 5) is 9.84. The summed E-state index contributed by atoms with van der Waals surface area (Å²) in [6.07, 6.45) is 1.19. The molecule has 5 heteroatoms. The Hall–Kier alpha value is -2.17. The molecule has 0 aliphatic heterocycles. The van der Waals surface area contributed by atoms with Crippen molar-refractivity contribution in [2.75, 3.05) is 23.8 Å². The Morgan fingerprint density at radius 3 is 2.74 bits per heavy atom. The number of benzene rings is 1. The van der Waals surface area contributed by atoms with Gasteiger partial charge in [-0.1, -0.05) is 18.2 Å². The van der Waals surface area contributed by atoms with Gasteiger partial charge in [-0.05, 0) is 25.5 Å². The van der Waals surface area contributed by atoms with Gasteiger partial charge in [0, 0.05) is 19.3 Å². The highest BCUT2D eigenvalue weighted by Crippen LogP contribution is 2.27. The van der Waals surface area contributed by atoms with Crippen molar-refractivity contribution in [1.29, 1.82) is 0 Å². The van der Waals surface area contributed by atoms with Crippen LogP contribution in [0.1, 0.15) is 12.5 Å². The van der Waals surface area contributed by atoms with Crippen LogP contribution in [0.3, 0.4) is 0 Å². The zero-order valence-electron chi connectivity index (χ0n) is 11.3. The highest BCUT2D eigenvalue weighted by atomic mass is 19.1. The lowest BCUT2D eigenvalue weighted by Crippen LogP contribution is -2.16. The largest absolute Gasteiger partial charge is 0.354 e. The van der Waals surface area contributed by atoms with E-state index in [9.17, 15) is 4.39 Å². The molecule has 0 saturated heterocycles. The Kier molecular flexibility index (Phi) is 3.94. The first-order chi connectivity index (χ1) is 9.13. The monoisotopic (exact) mass is 260 g/mol. The van der Waals surface area contributed by atoms with E-state index in [4.69, 9.17) is 0 Å². The maximum Gasteiger partial charge on any atom is 0.224 e. The highest BCUT2D eigenvalue weighted by Gasteiger charge is 2.14. The van der Waals surface area contributed by atoms with Gasteiger partial charge in [0.15, 0.2) is 11.6 Å². The number of hydrogen-bond donors (Lipinski definition) is 1. The minimum atomic E-state index is -0.438. The Labute approximate surface area is 112 Å². The molecule has 1 aromatic heterocycles. The number of nitrogens with one attached hydrogen (secondary N) is 1. The van der Waals surface area contributed by atoms with Crippen LogP contribution in [0.4, 0.5) is 21.8 Å². The first-order valence-electron chi connectivity index (χ1n) is 6.19. The first kappa shape index (κ1) is 13.3. The maximum absolute atomic E-state index is 13.9. The first-order valence-corrected chi connectivity index (χ1v) is 6.19. The van der Waals surface area contributed by atoms with E-state index in [1.165, 1.54) is 6.20 Å². The third-order valence-electron chi connectivity index (χ3n) is 2.86. The molecule has 1 aromatic carbocycles. The molecule has 0 saturated carbocycles. The van der Waals surface area contributed by atoms with Crippen LogP contribution >= 0.6 is 0 Å². The molecule has 0 fully saturated rings. The van der Waals surface area contributed by atoms with E-state index in [2.05, 4.69) is 15.3 Å². The number of aromatic nitrogens is 2. The summed E-state index contributed by atoms with van der Waals surface area (Å²) in [5.41, 5.74) is 1.98. The average Bonchev–Trinajstić information content (AvgIpc) is 2.41. The highest BCUT2D eigenvalue weighted by molar-refractivity contribution is 5.63. The molecule has 0 aliphatic rings. The van der Waals surface area contributed by atoms with Crippen LogP contribution in [0.5, 0.6) is 0 Å². The molecule has 2 aromatic rings. The van der Waals surface area contributed by atoms with Gasteiger partial charge in [0.2, 0.25) is 5.95 Å². The lowest BCUT2D eigenvalue weighted by Gasteiger charge is -2.21. The number of halogens is 1. The van der Waals surface area contributed by atoms with Crippen LogP contribution in [-0.4, -0.2) is 23.6 Å². The summed E-state index contributed by atoms with van der Waals surface area (Å²) in [7, 11) is 1.80. The van der Waals surface area contributed by atoms with Crippen molar-refractivity contribution in [2.24, 2.45) is 0 Å². The second-order valence-electron chi connectivity index (χ2n) is 4.24. The van der Waals surface area contributed by atoms with Crippen molar-refractivity contribution in [3.05, 3.63) is 41.8 Å². The van der Waals surface area contributed by atoms with E-state index in [1.807, 2.05) is 38.1 Å². The van der Waals surface area contributed by atoms with Crippen molar-refractivity contribution in [1.82, 2.24) is 9.97 Å². The van der Waals surface area contributed by atoms with Crippen molar-refractivity contribution >= 4 is 17.5 Å². The van der Waals surface area contributed by atoms with Gasteiger partial charge in [0.05, 0.1) is 6.20 Å². The third kappa shape index (κ3) is 2.81. The fourth-order valence-electron chi connectivity index (χ4n) is 1.89. The summed E-state index contributed by atoms with van der Waals surface area (Å²) >= 11 is 0. The summed E-state index contributed by atoms with van der Waals surface area (Å²) in [5, 5.41) is 2.98. The smallest absolute Gasteiger partial charge is 0.224 e. The Morgan fingerprint density at radius 1 is 1.32 bits per heavy atom. The van der Waals surface area contributed by atoms with Crippen LogP contribution < -0.4 is 10.2 Å². The standard InChI is InChI=1S/C14H17FN4/c1-4-16-14-17-9-11(15)13(18-14)19(3)12-8-6-5-7-10(12)2/h5-9H,4H2,1-3H3,(H,16,17,18). The second kappa shape index (κ2) is 5.65. The van der Waals surface area contributed by atoms with Crippen LogP contribution in [0.15, 0.2) is 30.5 Å². The number of nitrogens with zero attached hydrogens (tertiary/aromatic N) is 3. The molecule has 0 atom stereocenters. The van der Waals surface area contributed by atoms with Crippen molar-refractivity contribution < 1.29 is 4.39 Å². The van der Waals surface area contributed by atoms with Gasteiger partial charge in [-0.3, -0.25) is 0 Å². The van der Waals surface area contributed by atoms with Gasteiger partial charge in [0.25, 0.3) is 0 Å².